The van der Waals surface area contributed by atoms with E-state index in [9.17, 15) is 0 Å². The average molecular weight is 239 g/mol. The summed E-state index contributed by atoms with van der Waals surface area (Å²) in [7, 11) is 0. The molecule has 1 heterocycles. The highest BCUT2D eigenvalue weighted by Crippen LogP contribution is 2.13. The maximum Gasteiger partial charge on any atom is 0.0794 e. The van der Waals surface area contributed by atoms with Gasteiger partial charge < -0.3 is 4.74 Å². The Morgan fingerprint density at radius 3 is 2.94 bits per heavy atom. The maximum absolute atomic E-state index is 5.85. The van der Waals surface area contributed by atoms with E-state index in [0.717, 1.165) is 19.6 Å². The summed E-state index contributed by atoms with van der Waals surface area (Å²) in [6, 6.07) is 0. The van der Waals surface area contributed by atoms with Crippen molar-refractivity contribution in [3.8, 4) is 0 Å². The number of hydrogen-bond acceptors (Lipinski definition) is 3. The van der Waals surface area contributed by atoms with Gasteiger partial charge in [-0.15, -0.1) is 0 Å². The molecule has 0 spiro atoms. The Bertz CT molecular complexity index is 269. The molecular weight excluding hydrogens is 218 g/mol. The van der Waals surface area contributed by atoms with Crippen LogP contribution in [0.25, 0.3) is 0 Å². The molecule has 2 nitrogen and oxygen atoms in total. The molecule has 0 bridgehead atoms. The molecule has 1 unspecified atom stereocenters. The molecular formula is C13H21NOS. The highest BCUT2D eigenvalue weighted by Gasteiger charge is 2.11. The maximum atomic E-state index is 5.85. The minimum atomic E-state index is 0.308. The van der Waals surface area contributed by atoms with Gasteiger partial charge in [0.2, 0.25) is 0 Å². The van der Waals surface area contributed by atoms with E-state index in [1.54, 1.807) is 0 Å². The fourth-order valence-corrected chi connectivity index (χ4v) is 2.97. The number of hydrogen-bond donors (Lipinski definition) is 0. The van der Waals surface area contributed by atoms with Crippen molar-refractivity contribution >= 4 is 11.8 Å². The molecule has 90 valence electrons. The van der Waals surface area contributed by atoms with Gasteiger partial charge in [0.05, 0.1) is 12.7 Å². The van der Waals surface area contributed by atoms with Crippen molar-refractivity contribution in [3.05, 3.63) is 23.8 Å². The Morgan fingerprint density at radius 2 is 2.25 bits per heavy atom. The van der Waals surface area contributed by atoms with Crippen molar-refractivity contribution in [1.29, 1.82) is 0 Å². The summed E-state index contributed by atoms with van der Waals surface area (Å²) < 4.78 is 5.85. The van der Waals surface area contributed by atoms with Crippen LogP contribution in [0, 0.1) is 0 Å². The predicted octanol–water partition coefficient (Wildman–Crippen LogP) is 2.33. The van der Waals surface area contributed by atoms with Crippen LogP contribution in [0.4, 0.5) is 0 Å². The quantitative estimate of drug-likeness (QED) is 0.747. The zero-order valence-electron chi connectivity index (χ0n) is 10.0. The van der Waals surface area contributed by atoms with E-state index in [0.29, 0.717) is 6.10 Å². The van der Waals surface area contributed by atoms with Gasteiger partial charge >= 0.3 is 0 Å². The number of allylic oxidation sites excluding steroid dienone is 2. The zero-order valence-corrected chi connectivity index (χ0v) is 10.8. The molecule has 16 heavy (non-hydrogen) atoms. The van der Waals surface area contributed by atoms with Crippen LogP contribution in [0.15, 0.2) is 23.8 Å². The molecule has 2 aliphatic rings. The second-order valence-corrected chi connectivity index (χ2v) is 5.63. The summed E-state index contributed by atoms with van der Waals surface area (Å²) in [6.07, 6.45) is 7.94. The third-order valence-electron chi connectivity index (χ3n) is 3.09. The van der Waals surface area contributed by atoms with Gasteiger partial charge in [-0.1, -0.05) is 23.8 Å². The number of thioether (sulfide) groups is 1. The van der Waals surface area contributed by atoms with Crippen molar-refractivity contribution in [2.75, 3.05) is 37.7 Å². The topological polar surface area (TPSA) is 12.5 Å². The van der Waals surface area contributed by atoms with E-state index in [1.807, 2.05) is 0 Å². The van der Waals surface area contributed by atoms with Crippen LogP contribution in [-0.4, -0.2) is 48.8 Å². The summed E-state index contributed by atoms with van der Waals surface area (Å²) in [5.41, 5.74) is 1.35. The first-order valence-electron chi connectivity index (χ1n) is 6.11. The molecule has 0 N–H and O–H groups in total. The smallest absolute Gasteiger partial charge is 0.0794 e. The first-order chi connectivity index (χ1) is 7.84. The molecule has 2 rings (SSSR count). The van der Waals surface area contributed by atoms with Gasteiger partial charge in [-0.2, -0.15) is 11.8 Å². The SMILES string of the molecule is CC1=CCC(OCCN2CCSCC2)C=C1. The van der Waals surface area contributed by atoms with Crippen LogP contribution >= 0.6 is 11.8 Å². The van der Waals surface area contributed by atoms with Gasteiger partial charge in [-0.25, -0.2) is 0 Å². The minimum absolute atomic E-state index is 0.308. The normalized spacial score (nSPS) is 26.8. The summed E-state index contributed by atoms with van der Waals surface area (Å²) >= 11 is 2.06. The highest BCUT2D eigenvalue weighted by atomic mass is 32.2. The monoisotopic (exact) mass is 239 g/mol. The molecule has 1 atom stereocenters. The predicted molar refractivity (Wildman–Crippen MR) is 71.0 cm³/mol. The second kappa shape index (κ2) is 6.48. The lowest BCUT2D eigenvalue weighted by Crippen LogP contribution is -2.35. The van der Waals surface area contributed by atoms with Crippen LogP contribution in [-0.2, 0) is 4.74 Å². The van der Waals surface area contributed by atoms with Gasteiger partial charge in [0.25, 0.3) is 0 Å². The van der Waals surface area contributed by atoms with E-state index < -0.39 is 0 Å². The first kappa shape index (κ1) is 12.2. The van der Waals surface area contributed by atoms with Crippen molar-refractivity contribution in [2.24, 2.45) is 0 Å². The second-order valence-electron chi connectivity index (χ2n) is 4.41. The van der Waals surface area contributed by atoms with Crippen molar-refractivity contribution < 1.29 is 4.74 Å². The van der Waals surface area contributed by atoms with Crippen molar-refractivity contribution in [3.63, 3.8) is 0 Å². The number of ether oxygens (including phenoxy) is 1. The minimum Gasteiger partial charge on any atom is -0.372 e. The first-order valence-corrected chi connectivity index (χ1v) is 7.27. The Balaban J connectivity index is 1.59. The molecule has 0 saturated carbocycles. The Kier molecular flexibility index (Phi) is 4.94. The summed E-state index contributed by atoms with van der Waals surface area (Å²) in [6.45, 7) is 6.55. The average Bonchev–Trinajstić information content (AvgIpc) is 2.33. The van der Waals surface area contributed by atoms with E-state index in [-0.39, 0.29) is 0 Å². The van der Waals surface area contributed by atoms with Crippen LogP contribution < -0.4 is 0 Å². The Hall–Kier alpha value is -0.250. The van der Waals surface area contributed by atoms with Gasteiger partial charge in [-0.05, 0) is 13.3 Å². The third-order valence-corrected chi connectivity index (χ3v) is 4.03. The van der Waals surface area contributed by atoms with Crippen molar-refractivity contribution in [1.82, 2.24) is 4.90 Å². The standard InChI is InChI=1S/C13H21NOS/c1-12-2-4-13(5-3-12)15-9-6-14-7-10-16-11-8-14/h2-4,13H,5-11H2,1H3. The largest absolute Gasteiger partial charge is 0.372 e. The molecule has 0 amide bonds. The fourth-order valence-electron chi connectivity index (χ4n) is 1.99. The van der Waals surface area contributed by atoms with Crippen LogP contribution in [0.5, 0.6) is 0 Å². The molecule has 1 fully saturated rings. The lowest BCUT2D eigenvalue weighted by Gasteiger charge is -2.26. The molecule has 0 radical (unpaired) electrons. The van der Waals surface area contributed by atoms with E-state index in [4.69, 9.17) is 4.74 Å². The zero-order chi connectivity index (χ0) is 11.2. The molecule has 0 aromatic rings. The summed E-state index contributed by atoms with van der Waals surface area (Å²) in [5, 5.41) is 0. The van der Waals surface area contributed by atoms with Crippen molar-refractivity contribution in [2.45, 2.75) is 19.4 Å². The molecule has 1 aliphatic heterocycles. The molecule has 1 aliphatic carbocycles. The Labute approximate surface area is 103 Å². The lowest BCUT2D eigenvalue weighted by molar-refractivity contribution is 0.0674. The summed E-state index contributed by atoms with van der Waals surface area (Å²) in [4.78, 5) is 2.50. The van der Waals surface area contributed by atoms with Gasteiger partial charge in [0, 0.05) is 31.1 Å². The fraction of sp³-hybridized carbons (Fsp3) is 0.692. The number of rotatable bonds is 4. The van der Waals surface area contributed by atoms with Gasteiger partial charge in [-0.3, -0.25) is 4.90 Å². The Morgan fingerprint density at radius 1 is 1.44 bits per heavy atom. The van der Waals surface area contributed by atoms with Crippen LogP contribution in [0.1, 0.15) is 13.3 Å². The van der Waals surface area contributed by atoms with E-state index in [2.05, 4.69) is 41.8 Å². The molecule has 3 heteroatoms. The van der Waals surface area contributed by atoms with Crippen LogP contribution in [0.3, 0.4) is 0 Å². The highest BCUT2D eigenvalue weighted by molar-refractivity contribution is 7.99. The van der Waals surface area contributed by atoms with E-state index in [1.165, 1.54) is 30.2 Å². The van der Waals surface area contributed by atoms with Gasteiger partial charge in [0.15, 0.2) is 0 Å². The van der Waals surface area contributed by atoms with Gasteiger partial charge in [0.1, 0.15) is 0 Å². The molecule has 0 aromatic heterocycles. The lowest BCUT2D eigenvalue weighted by atomic mass is 10.1. The third kappa shape index (κ3) is 3.96. The molecule has 0 aromatic carbocycles. The van der Waals surface area contributed by atoms with E-state index >= 15 is 0 Å². The number of nitrogens with zero attached hydrogens (tertiary/aromatic N) is 1. The van der Waals surface area contributed by atoms with Crippen LogP contribution in [0.2, 0.25) is 0 Å². The molecule has 1 saturated heterocycles. The summed E-state index contributed by atoms with van der Waals surface area (Å²) in [5.74, 6) is 2.57.